The normalized spacial score (nSPS) is 17.9. The van der Waals surface area contributed by atoms with Gasteiger partial charge in [-0.05, 0) is 57.5 Å². The summed E-state index contributed by atoms with van der Waals surface area (Å²) in [5.41, 5.74) is 2.13. The molecule has 0 unspecified atom stereocenters. The monoisotopic (exact) mass is 258 g/mol. The summed E-state index contributed by atoms with van der Waals surface area (Å²) in [5, 5.41) is 3.41. The van der Waals surface area contributed by atoms with Crippen LogP contribution in [0.4, 0.5) is 5.95 Å². The fourth-order valence-electron chi connectivity index (χ4n) is 2.78. The molecule has 0 atom stereocenters. The molecule has 0 spiro atoms. The maximum Gasteiger partial charge on any atom is 0.201 e. The topological polar surface area (TPSA) is 44.0 Å². The number of nitrogens with one attached hydrogen (secondary N) is 2. The lowest BCUT2D eigenvalue weighted by Gasteiger charge is -2.28. The van der Waals surface area contributed by atoms with Gasteiger partial charge in [0.1, 0.15) is 0 Å². The highest BCUT2D eigenvalue weighted by Crippen LogP contribution is 2.19. The lowest BCUT2D eigenvalue weighted by atomic mass is 9.94. The average molecular weight is 258 g/mol. The first kappa shape index (κ1) is 12.5. The summed E-state index contributed by atoms with van der Waals surface area (Å²) in [6.45, 7) is 3.50. The second-order valence-corrected chi connectivity index (χ2v) is 5.56. The van der Waals surface area contributed by atoms with E-state index in [1.165, 1.54) is 32.4 Å². The van der Waals surface area contributed by atoms with Gasteiger partial charge in [-0.25, -0.2) is 4.98 Å². The van der Waals surface area contributed by atoms with E-state index < -0.39 is 0 Å². The number of rotatable bonds is 4. The van der Waals surface area contributed by atoms with Crippen molar-refractivity contribution in [2.75, 3.05) is 32.0 Å². The number of benzene rings is 1. The Morgan fingerprint density at radius 2 is 2.11 bits per heavy atom. The minimum Gasteiger partial charge on any atom is -0.356 e. The molecule has 2 aromatic rings. The van der Waals surface area contributed by atoms with Crippen molar-refractivity contribution in [3.05, 3.63) is 24.3 Å². The van der Waals surface area contributed by atoms with Gasteiger partial charge in [-0.3, -0.25) is 0 Å². The molecule has 1 aromatic heterocycles. The van der Waals surface area contributed by atoms with Crippen LogP contribution in [0.25, 0.3) is 11.0 Å². The first-order valence-electron chi connectivity index (χ1n) is 7.18. The fraction of sp³-hybridized carbons (Fsp3) is 0.533. The van der Waals surface area contributed by atoms with E-state index in [1.807, 2.05) is 18.2 Å². The third-order valence-corrected chi connectivity index (χ3v) is 4.07. The summed E-state index contributed by atoms with van der Waals surface area (Å²) >= 11 is 0. The van der Waals surface area contributed by atoms with E-state index in [9.17, 15) is 0 Å². The van der Waals surface area contributed by atoms with Gasteiger partial charge in [0, 0.05) is 6.54 Å². The van der Waals surface area contributed by atoms with Crippen molar-refractivity contribution >= 4 is 17.0 Å². The summed E-state index contributed by atoms with van der Waals surface area (Å²) < 4.78 is 0. The number of likely N-dealkylation sites (tertiary alicyclic amines) is 1. The Morgan fingerprint density at radius 1 is 1.32 bits per heavy atom. The lowest BCUT2D eigenvalue weighted by molar-refractivity contribution is 0.215. The van der Waals surface area contributed by atoms with Crippen LogP contribution in [-0.2, 0) is 0 Å². The molecule has 0 aliphatic carbocycles. The van der Waals surface area contributed by atoms with Gasteiger partial charge in [0.2, 0.25) is 5.95 Å². The number of nitrogens with zero attached hydrogens (tertiary/aromatic N) is 2. The molecule has 3 rings (SSSR count). The molecular weight excluding hydrogens is 236 g/mol. The zero-order valence-corrected chi connectivity index (χ0v) is 11.5. The number of aromatic amines is 1. The molecule has 0 radical (unpaired) electrons. The third kappa shape index (κ3) is 3.07. The van der Waals surface area contributed by atoms with Crippen LogP contribution in [0, 0.1) is 5.92 Å². The highest BCUT2D eigenvalue weighted by molar-refractivity contribution is 5.77. The average Bonchev–Trinajstić information content (AvgIpc) is 2.83. The minimum absolute atomic E-state index is 0.869. The molecule has 1 aliphatic rings. The first-order chi connectivity index (χ1) is 9.31. The Bertz CT molecular complexity index is 493. The molecule has 19 heavy (non-hydrogen) atoms. The van der Waals surface area contributed by atoms with Crippen LogP contribution < -0.4 is 5.32 Å². The minimum atomic E-state index is 0.869. The number of hydrogen-bond acceptors (Lipinski definition) is 3. The van der Waals surface area contributed by atoms with Gasteiger partial charge in [0.25, 0.3) is 0 Å². The van der Waals surface area contributed by atoms with Crippen molar-refractivity contribution < 1.29 is 0 Å². The van der Waals surface area contributed by atoms with Crippen molar-refractivity contribution in [3.8, 4) is 0 Å². The quantitative estimate of drug-likeness (QED) is 0.886. The Balaban J connectivity index is 1.49. The first-order valence-corrected chi connectivity index (χ1v) is 7.18. The number of para-hydroxylation sites is 2. The largest absolute Gasteiger partial charge is 0.356 e. The van der Waals surface area contributed by atoms with E-state index in [0.29, 0.717) is 0 Å². The molecule has 0 saturated carbocycles. The van der Waals surface area contributed by atoms with E-state index in [4.69, 9.17) is 0 Å². The summed E-state index contributed by atoms with van der Waals surface area (Å²) in [6.07, 6.45) is 3.90. The number of anilines is 1. The second-order valence-electron chi connectivity index (χ2n) is 5.56. The van der Waals surface area contributed by atoms with E-state index >= 15 is 0 Å². The van der Waals surface area contributed by atoms with Crippen LogP contribution in [0.15, 0.2) is 24.3 Å². The predicted octanol–water partition coefficient (Wildman–Crippen LogP) is 2.71. The Hall–Kier alpha value is -1.55. The molecular formula is C15H22N4. The van der Waals surface area contributed by atoms with E-state index in [2.05, 4.69) is 33.3 Å². The fourth-order valence-corrected chi connectivity index (χ4v) is 2.78. The van der Waals surface area contributed by atoms with Crippen LogP contribution in [0.1, 0.15) is 19.3 Å². The summed E-state index contributed by atoms with van der Waals surface area (Å²) in [6, 6.07) is 8.15. The van der Waals surface area contributed by atoms with Gasteiger partial charge < -0.3 is 15.2 Å². The van der Waals surface area contributed by atoms with Gasteiger partial charge in [0.15, 0.2) is 0 Å². The highest BCUT2D eigenvalue weighted by atomic mass is 15.1. The molecule has 2 N–H and O–H groups in total. The molecule has 1 saturated heterocycles. The molecule has 1 fully saturated rings. The Morgan fingerprint density at radius 3 is 2.89 bits per heavy atom. The van der Waals surface area contributed by atoms with Crippen LogP contribution in [-0.4, -0.2) is 41.5 Å². The predicted molar refractivity (Wildman–Crippen MR) is 79.4 cm³/mol. The van der Waals surface area contributed by atoms with E-state index in [-0.39, 0.29) is 0 Å². The van der Waals surface area contributed by atoms with Crippen molar-refractivity contribution in [2.24, 2.45) is 5.92 Å². The third-order valence-electron chi connectivity index (χ3n) is 4.07. The SMILES string of the molecule is CN1CCC(CCNc2nc3ccccc3[nH]2)CC1. The van der Waals surface area contributed by atoms with Crippen molar-refractivity contribution in [1.29, 1.82) is 0 Å². The second kappa shape index (κ2) is 5.61. The lowest BCUT2D eigenvalue weighted by Crippen LogP contribution is -2.30. The van der Waals surface area contributed by atoms with Gasteiger partial charge in [0.05, 0.1) is 11.0 Å². The Kier molecular flexibility index (Phi) is 3.69. The standard InChI is InChI=1S/C15H22N4/c1-19-10-7-12(8-11-19)6-9-16-15-17-13-4-2-3-5-14(13)18-15/h2-5,12H,6-11H2,1H3,(H2,16,17,18). The maximum atomic E-state index is 4.53. The molecule has 1 aliphatic heterocycles. The molecule has 4 heteroatoms. The van der Waals surface area contributed by atoms with E-state index in [1.54, 1.807) is 0 Å². The number of H-pyrrole nitrogens is 1. The van der Waals surface area contributed by atoms with Gasteiger partial charge in [-0.2, -0.15) is 0 Å². The highest BCUT2D eigenvalue weighted by Gasteiger charge is 2.16. The number of aromatic nitrogens is 2. The zero-order valence-electron chi connectivity index (χ0n) is 11.5. The van der Waals surface area contributed by atoms with Gasteiger partial charge in [-0.1, -0.05) is 12.1 Å². The van der Waals surface area contributed by atoms with Crippen molar-refractivity contribution in [1.82, 2.24) is 14.9 Å². The summed E-state index contributed by atoms with van der Waals surface area (Å²) in [5.74, 6) is 1.77. The van der Waals surface area contributed by atoms with Crippen LogP contribution in [0.3, 0.4) is 0 Å². The smallest absolute Gasteiger partial charge is 0.201 e. The summed E-state index contributed by atoms with van der Waals surface area (Å²) in [4.78, 5) is 10.3. The molecule has 0 amide bonds. The molecule has 2 heterocycles. The Labute approximate surface area is 114 Å². The number of hydrogen-bond donors (Lipinski definition) is 2. The molecule has 102 valence electrons. The maximum absolute atomic E-state index is 4.53. The van der Waals surface area contributed by atoms with Crippen molar-refractivity contribution in [2.45, 2.75) is 19.3 Å². The zero-order chi connectivity index (χ0) is 13.1. The van der Waals surface area contributed by atoms with Crippen molar-refractivity contribution in [3.63, 3.8) is 0 Å². The van der Waals surface area contributed by atoms with Crippen LogP contribution >= 0.6 is 0 Å². The number of fused-ring (bicyclic) bond motifs is 1. The van der Waals surface area contributed by atoms with Crippen LogP contribution in [0.5, 0.6) is 0 Å². The van der Waals surface area contributed by atoms with Crippen LogP contribution in [0.2, 0.25) is 0 Å². The molecule has 0 bridgehead atoms. The molecule has 1 aromatic carbocycles. The number of imidazole rings is 1. The summed E-state index contributed by atoms with van der Waals surface area (Å²) in [7, 11) is 2.21. The molecule has 4 nitrogen and oxygen atoms in total. The number of piperidine rings is 1. The van der Waals surface area contributed by atoms with Gasteiger partial charge >= 0.3 is 0 Å². The van der Waals surface area contributed by atoms with E-state index in [0.717, 1.165) is 29.4 Å². The van der Waals surface area contributed by atoms with Gasteiger partial charge in [-0.15, -0.1) is 0 Å².